The number of piperazine rings is 1. The predicted octanol–water partition coefficient (Wildman–Crippen LogP) is 5.31. The highest BCUT2D eigenvalue weighted by Crippen LogP contribution is 2.18. The van der Waals surface area contributed by atoms with E-state index in [9.17, 15) is 26.3 Å². The van der Waals surface area contributed by atoms with Crippen LogP contribution in [0.5, 0.6) is 0 Å². The summed E-state index contributed by atoms with van der Waals surface area (Å²) in [4.78, 5) is 30.7. The molecular formula is C25H25ClF6N4O4. The number of rotatable bonds is 5. The Morgan fingerprint density at radius 1 is 0.825 bits per heavy atom. The van der Waals surface area contributed by atoms with Gasteiger partial charge in [-0.15, -0.1) is 0 Å². The van der Waals surface area contributed by atoms with Crippen LogP contribution in [0, 0.1) is 0 Å². The number of nitrogens with zero attached hydrogens (tertiary/aromatic N) is 3. The van der Waals surface area contributed by atoms with Crippen LogP contribution in [-0.2, 0) is 22.7 Å². The molecule has 8 nitrogen and oxygen atoms in total. The Labute approximate surface area is 229 Å². The molecule has 0 unspecified atom stereocenters. The number of H-pyrrole nitrogens is 1. The van der Waals surface area contributed by atoms with Gasteiger partial charge in [-0.3, -0.25) is 9.80 Å². The number of benzene rings is 2. The Hall–Kier alpha value is -3.62. The van der Waals surface area contributed by atoms with Crippen LogP contribution in [0.3, 0.4) is 0 Å². The zero-order valence-corrected chi connectivity index (χ0v) is 21.5. The molecule has 0 saturated carbocycles. The topological polar surface area (TPSA) is 110 Å². The number of imidazole rings is 1. The van der Waals surface area contributed by atoms with Gasteiger partial charge < -0.3 is 15.2 Å². The van der Waals surface area contributed by atoms with Crippen LogP contribution in [-0.4, -0.2) is 80.5 Å². The smallest absolute Gasteiger partial charge is 0.475 e. The molecule has 1 aliphatic heterocycles. The van der Waals surface area contributed by atoms with Crippen LogP contribution in [0.1, 0.15) is 11.3 Å². The lowest BCUT2D eigenvalue weighted by molar-refractivity contribution is -0.193. The van der Waals surface area contributed by atoms with Crippen molar-refractivity contribution in [3.63, 3.8) is 0 Å². The Balaban J connectivity index is 0.000000333. The zero-order valence-electron chi connectivity index (χ0n) is 20.7. The van der Waals surface area contributed by atoms with E-state index in [0.717, 1.165) is 55.7 Å². The van der Waals surface area contributed by atoms with Crippen molar-refractivity contribution in [3.05, 3.63) is 77.1 Å². The van der Waals surface area contributed by atoms with Crippen molar-refractivity contribution in [2.45, 2.75) is 25.4 Å². The van der Waals surface area contributed by atoms with Gasteiger partial charge >= 0.3 is 24.3 Å². The molecule has 1 aliphatic rings. The average molecular weight is 595 g/mol. The summed E-state index contributed by atoms with van der Waals surface area (Å²) in [7, 11) is 0. The van der Waals surface area contributed by atoms with Gasteiger partial charge in [-0.1, -0.05) is 54.1 Å². The monoisotopic (exact) mass is 594 g/mol. The van der Waals surface area contributed by atoms with Crippen molar-refractivity contribution in [2.24, 2.45) is 0 Å². The summed E-state index contributed by atoms with van der Waals surface area (Å²) in [5.74, 6) is -4.57. The molecule has 1 saturated heterocycles. The fraction of sp³-hybridized carbons (Fsp3) is 0.320. The minimum absolute atomic E-state index is 0.814. The van der Waals surface area contributed by atoms with Crippen molar-refractivity contribution in [1.29, 1.82) is 0 Å². The number of carbonyl (C=O) groups is 2. The first-order chi connectivity index (χ1) is 18.6. The van der Waals surface area contributed by atoms with E-state index in [1.165, 1.54) is 11.3 Å². The molecule has 218 valence electrons. The molecule has 2 heterocycles. The van der Waals surface area contributed by atoms with Gasteiger partial charge in [-0.2, -0.15) is 26.3 Å². The fourth-order valence-corrected chi connectivity index (χ4v) is 3.64. The third-order valence-corrected chi connectivity index (χ3v) is 5.55. The molecule has 2 aromatic carbocycles. The first-order valence-corrected chi connectivity index (χ1v) is 11.9. The van der Waals surface area contributed by atoms with Gasteiger partial charge in [0.05, 0.1) is 0 Å². The normalized spacial score (nSPS) is 14.4. The molecule has 0 radical (unpaired) electrons. The maximum Gasteiger partial charge on any atom is 0.490 e. The van der Waals surface area contributed by atoms with Crippen LogP contribution in [0.2, 0.25) is 5.02 Å². The SMILES string of the molecule is Clc1cccc(CN2CCN(Cc3cnc(-c4ccccc4)[nH]3)CC2)c1.O=C(O)C(F)(F)F.O=C(O)C(F)(F)F. The lowest BCUT2D eigenvalue weighted by Gasteiger charge is -2.34. The molecule has 4 rings (SSSR count). The standard InChI is InChI=1S/C21H23ClN4.2C2HF3O2/c22-19-8-4-5-17(13-19)15-25-9-11-26(12-10-25)16-20-14-23-21(24-20)18-6-2-1-3-7-18;2*3-2(4,5)1(6)7/h1-8,13-14H,9-12,15-16H2,(H,23,24);2*(H,6,7). The van der Waals surface area contributed by atoms with Crippen LogP contribution >= 0.6 is 11.6 Å². The Morgan fingerprint density at radius 2 is 1.32 bits per heavy atom. The lowest BCUT2D eigenvalue weighted by atomic mass is 10.2. The van der Waals surface area contributed by atoms with Gasteiger partial charge in [0.25, 0.3) is 0 Å². The highest BCUT2D eigenvalue weighted by Gasteiger charge is 2.38. The first kappa shape index (κ1) is 32.6. The minimum atomic E-state index is -5.08. The van der Waals surface area contributed by atoms with E-state index in [2.05, 4.69) is 44.0 Å². The van der Waals surface area contributed by atoms with Crippen molar-refractivity contribution in [1.82, 2.24) is 19.8 Å². The molecule has 0 atom stereocenters. The average Bonchev–Trinajstić information content (AvgIpc) is 3.34. The molecule has 0 aliphatic carbocycles. The molecular weight excluding hydrogens is 570 g/mol. The molecule has 1 fully saturated rings. The number of hydrogen-bond acceptors (Lipinski definition) is 5. The maximum atomic E-state index is 10.6. The van der Waals surface area contributed by atoms with Crippen LogP contribution in [0.4, 0.5) is 26.3 Å². The number of hydrogen-bond donors (Lipinski definition) is 3. The molecule has 3 N–H and O–H groups in total. The van der Waals surface area contributed by atoms with E-state index in [4.69, 9.17) is 31.4 Å². The zero-order chi connectivity index (χ0) is 29.9. The largest absolute Gasteiger partial charge is 0.490 e. The number of nitrogens with one attached hydrogen (secondary N) is 1. The molecule has 3 aromatic rings. The van der Waals surface area contributed by atoms with E-state index in [-0.39, 0.29) is 0 Å². The third kappa shape index (κ3) is 11.6. The van der Waals surface area contributed by atoms with Crippen LogP contribution in [0.25, 0.3) is 11.4 Å². The predicted molar refractivity (Wildman–Crippen MR) is 133 cm³/mol. The number of halogens is 7. The van der Waals surface area contributed by atoms with Crippen molar-refractivity contribution >= 4 is 23.5 Å². The van der Waals surface area contributed by atoms with Crippen molar-refractivity contribution < 1.29 is 46.1 Å². The van der Waals surface area contributed by atoms with E-state index in [1.807, 2.05) is 36.5 Å². The Bertz CT molecular complexity index is 1210. The van der Waals surface area contributed by atoms with Gasteiger partial charge in [0.2, 0.25) is 0 Å². The van der Waals surface area contributed by atoms with E-state index >= 15 is 0 Å². The quantitative estimate of drug-likeness (QED) is 0.343. The lowest BCUT2D eigenvalue weighted by Crippen LogP contribution is -2.45. The van der Waals surface area contributed by atoms with Gasteiger partial charge in [0.15, 0.2) is 0 Å². The van der Waals surface area contributed by atoms with E-state index in [1.54, 1.807) is 0 Å². The first-order valence-electron chi connectivity index (χ1n) is 11.5. The summed E-state index contributed by atoms with van der Waals surface area (Å²) in [5.41, 5.74) is 3.59. The second-order valence-corrected chi connectivity index (χ2v) is 8.85. The van der Waals surface area contributed by atoms with Gasteiger partial charge in [0, 0.05) is 61.7 Å². The third-order valence-electron chi connectivity index (χ3n) is 5.31. The number of aromatic nitrogens is 2. The number of aliphatic carboxylic acids is 2. The number of aromatic amines is 1. The summed E-state index contributed by atoms with van der Waals surface area (Å²) in [6.07, 6.45) is -8.21. The highest BCUT2D eigenvalue weighted by molar-refractivity contribution is 6.30. The number of alkyl halides is 6. The molecule has 0 amide bonds. The molecule has 1 aromatic heterocycles. The van der Waals surface area contributed by atoms with E-state index in [0.29, 0.717) is 0 Å². The van der Waals surface area contributed by atoms with Crippen molar-refractivity contribution in [3.8, 4) is 11.4 Å². The van der Waals surface area contributed by atoms with Gasteiger partial charge in [-0.05, 0) is 17.7 Å². The number of carboxylic acids is 2. The minimum Gasteiger partial charge on any atom is -0.475 e. The summed E-state index contributed by atoms with van der Waals surface area (Å²) < 4.78 is 63.5. The maximum absolute atomic E-state index is 10.6. The highest BCUT2D eigenvalue weighted by atomic mass is 35.5. The Kier molecular flexibility index (Phi) is 12.0. The second kappa shape index (κ2) is 14.7. The second-order valence-electron chi connectivity index (χ2n) is 8.41. The Morgan fingerprint density at radius 3 is 1.80 bits per heavy atom. The summed E-state index contributed by atoms with van der Waals surface area (Å²) in [6.45, 7) is 6.18. The number of carboxylic acid groups (broad SMARTS) is 2. The fourth-order valence-electron chi connectivity index (χ4n) is 3.42. The van der Waals surface area contributed by atoms with E-state index < -0.39 is 24.3 Å². The molecule has 0 bridgehead atoms. The molecule has 0 spiro atoms. The molecule has 40 heavy (non-hydrogen) atoms. The van der Waals surface area contributed by atoms with Crippen LogP contribution < -0.4 is 0 Å². The summed E-state index contributed by atoms with van der Waals surface area (Å²) in [6, 6.07) is 18.4. The molecule has 15 heteroatoms. The van der Waals surface area contributed by atoms with Gasteiger partial charge in [-0.25, -0.2) is 14.6 Å². The summed E-state index contributed by atoms with van der Waals surface area (Å²) in [5, 5.41) is 15.1. The summed E-state index contributed by atoms with van der Waals surface area (Å²) >= 11 is 6.09. The van der Waals surface area contributed by atoms with Crippen molar-refractivity contribution in [2.75, 3.05) is 26.2 Å². The van der Waals surface area contributed by atoms with Gasteiger partial charge in [0.1, 0.15) is 5.82 Å². The van der Waals surface area contributed by atoms with Crippen LogP contribution in [0.15, 0.2) is 60.8 Å².